The predicted octanol–water partition coefficient (Wildman–Crippen LogP) is 4.72. The van der Waals surface area contributed by atoms with E-state index >= 15 is 0 Å². The molecule has 0 bridgehead atoms. The largest absolute Gasteiger partial charge is 0.351 e. The van der Waals surface area contributed by atoms with Gasteiger partial charge in [0.15, 0.2) is 5.16 Å². The van der Waals surface area contributed by atoms with E-state index in [0.717, 1.165) is 27.9 Å². The van der Waals surface area contributed by atoms with Crippen LogP contribution in [-0.4, -0.2) is 21.2 Å². The predicted molar refractivity (Wildman–Crippen MR) is 131 cm³/mol. The van der Waals surface area contributed by atoms with Crippen molar-refractivity contribution in [2.75, 3.05) is 5.75 Å². The van der Waals surface area contributed by atoms with E-state index in [1.54, 1.807) is 10.6 Å². The lowest BCUT2D eigenvalue weighted by Crippen LogP contribution is -2.26. The maximum atomic E-state index is 13.4. The Morgan fingerprint density at radius 1 is 0.969 bits per heavy atom. The standard InChI is InChI=1S/C26H25N3O2S/c1-17-12-18(2)14-21(13-17)29-25(31)22-10-6-7-11-23(22)28-26(29)32-16-24(30)27-15-20-9-5-4-8-19(20)3/h4-14H,15-16H2,1-3H3,(H,27,30). The van der Waals surface area contributed by atoms with Crippen LogP contribution in [0, 0.1) is 20.8 Å². The minimum atomic E-state index is -0.136. The Kier molecular flexibility index (Phi) is 6.42. The van der Waals surface area contributed by atoms with Crippen LogP contribution in [0.15, 0.2) is 76.7 Å². The Bertz CT molecular complexity index is 1340. The summed E-state index contributed by atoms with van der Waals surface area (Å²) in [6, 6.07) is 21.3. The molecule has 0 spiro atoms. The van der Waals surface area contributed by atoms with Crippen LogP contribution in [0.5, 0.6) is 0 Å². The average Bonchev–Trinajstić information content (AvgIpc) is 2.76. The van der Waals surface area contributed by atoms with Gasteiger partial charge >= 0.3 is 0 Å². The molecule has 1 aromatic heterocycles. The van der Waals surface area contributed by atoms with Crippen LogP contribution in [0.25, 0.3) is 16.6 Å². The number of rotatable bonds is 6. The summed E-state index contributed by atoms with van der Waals surface area (Å²) in [7, 11) is 0. The van der Waals surface area contributed by atoms with Gasteiger partial charge in [0, 0.05) is 6.54 Å². The van der Waals surface area contributed by atoms with Gasteiger partial charge in [-0.15, -0.1) is 0 Å². The molecular weight excluding hydrogens is 418 g/mol. The van der Waals surface area contributed by atoms with Crippen molar-refractivity contribution in [3.8, 4) is 5.69 Å². The van der Waals surface area contributed by atoms with E-state index in [2.05, 4.69) is 11.4 Å². The van der Waals surface area contributed by atoms with E-state index in [1.807, 2.05) is 75.4 Å². The van der Waals surface area contributed by atoms with Gasteiger partial charge in [-0.05, 0) is 67.3 Å². The third-order valence-electron chi connectivity index (χ3n) is 5.28. The van der Waals surface area contributed by atoms with Crippen LogP contribution in [-0.2, 0) is 11.3 Å². The van der Waals surface area contributed by atoms with Gasteiger partial charge in [-0.2, -0.15) is 0 Å². The first-order chi connectivity index (χ1) is 15.4. The molecule has 5 nitrogen and oxygen atoms in total. The molecule has 32 heavy (non-hydrogen) atoms. The first-order valence-corrected chi connectivity index (χ1v) is 11.5. The highest BCUT2D eigenvalue weighted by molar-refractivity contribution is 7.99. The van der Waals surface area contributed by atoms with Crippen LogP contribution in [0.3, 0.4) is 0 Å². The maximum absolute atomic E-state index is 13.4. The number of aromatic nitrogens is 2. The summed E-state index contributed by atoms with van der Waals surface area (Å²) in [5.74, 6) is 0.0641. The number of nitrogens with zero attached hydrogens (tertiary/aromatic N) is 2. The zero-order valence-electron chi connectivity index (χ0n) is 18.4. The van der Waals surface area contributed by atoms with Crippen molar-refractivity contribution in [2.45, 2.75) is 32.5 Å². The monoisotopic (exact) mass is 443 g/mol. The number of carbonyl (C=O) groups excluding carboxylic acids is 1. The molecule has 0 aliphatic heterocycles. The lowest BCUT2D eigenvalue weighted by Gasteiger charge is -2.14. The number of fused-ring (bicyclic) bond motifs is 1. The van der Waals surface area contributed by atoms with Gasteiger partial charge in [-0.25, -0.2) is 4.98 Å². The number of hydrogen-bond donors (Lipinski definition) is 1. The molecule has 3 aromatic carbocycles. The summed E-state index contributed by atoms with van der Waals surface area (Å²) in [4.78, 5) is 30.7. The molecule has 0 aliphatic rings. The molecule has 1 N–H and O–H groups in total. The SMILES string of the molecule is Cc1cc(C)cc(-n2c(SCC(=O)NCc3ccccc3C)nc3ccccc3c2=O)c1. The molecular formula is C26H25N3O2S. The number of amides is 1. The molecule has 0 fully saturated rings. The lowest BCUT2D eigenvalue weighted by molar-refractivity contribution is -0.118. The number of thioether (sulfide) groups is 1. The molecule has 0 atom stereocenters. The van der Waals surface area contributed by atoms with Crippen LogP contribution in [0.2, 0.25) is 0 Å². The molecule has 1 amide bonds. The second kappa shape index (κ2) is 9.40. The van der Waals surface area contributed by atoms with E-state index in [4.69, 9.17) is 4.98 Å². The summed E-state index contributed by atoms with van der Waals surface area (Å²) in [6.07, 6.45) is 0. The van der Waals surface area contributed by atoms with Gasteiger partial charge in [-0.3, -0.25) is 14.2 Å². The second-order valence-corrected chi connectivity index (χ2v) is 8.83. The highest BCUT2D eigenvalue weighted by Gasteiger charge is 2.15. The Morgan fingerprint density at radius 2 is 1.66 bits per heavy atom. The molecule has 0 saturated heterocycles. The van der Waals surface area contributed by atoms with Crippen molar-refractivity contribution in [1.82, 2.24) is 14.9 Å². The number of benzene rings is 3. The number of nitrogens with one attached hydrogen (secondary N) is 1. The Labute approximate surface area is 191 Å². The van der Waals surface area contributed by atoms with E-state index in [9.17, 15) is 9.59 Å². The molecule has 6 heteroatoms. The van der Waals surface area contributed by atoms with Crippen molar-refractivity contribution in [1.29, 1.82) is 0 Å². The van der Waals surface area contributed by atoms with Crippen molar-refractivity contribution >= 4 is 28.6 Å². The quantitative estimate of drug-likeness (QED) is 0.346. The molecule has 162 valence electrons. The van der Waals surface area contributed by atoms with Gasteiger partial charge in [0.05, 0.1) is 22.3 Å². The van der Waals surface area contributed by atoms with Crippen LogP contribution in [0.1, 0.15) is 22.3 Å². The average molecular weight is 444 g/mol. The summed E-state index contributed by atoms with van der Waals surface area (Å²) >= 11 is 1.27. The van der Waals surface area contributed by atoms with Gasteiger partial charge in [0.2, 0.25) is 5.91 Å². The number of aryl methyl sites for hydroxylation is 3. The highest BCUT2D eigenvalue weighted by Crippen LogP contribution is 2.22. The molecule has 4 aromatic rings. The summed E-state index contributed by atoms with van der Waals surface area (Å²) in [5.41, 5.74) is 5.60. The first kappa shape index (κ1) is 21.8. The highest BCUT2D eigenvalue weighted by atomic mass is 32.2. The van der Waals surface area contributed by atoms with E-state index in [-0.39, 0.29) is 17.2 Å². The summed E-state index contributed by atoms with van der Waals surface area (Å²) in [6.45, 7) is 6.50. The third-order valence-corrected chi connectivity index (χ3v) is 6.22. The smallest absolute Gasteiger partial charge is 0.266 e. The van der Waals surface area contributed by atoms with Gasteiger partial charge in [0.25, 0.3) is 5.56 Å². The Balaban J connectivity index is 1.63. The maximum Gasteiger partial charge on any atom is 0.266 e. The molecule has 0 aliphatic carbocycles. The lowest BCUT2D eigenvalue weighted by atomic mass is 10.1. The third kappa shape index (κ3) is 4.75. The van der Waals surface area contributed by atoms with E-state index < -0.39 is 0 Å². The van der Waals surface area contributed by atoms with Crippen molar-refractivity contribution in [3.05, 3.63) is 99.3 Å². The summed E-state index contributed by atoms with van der Waals surface area (Å²) in [5, 5.41) is 4.02. The number of carbonyl (C=O) groups is 1. The molecule has 1 heterocycles. The van der Waals surface area contributed by atoms with Gasteiger partial charge < -0.3 is 5.32 Å². The zero-order valence-corrected chi connectivity index (χ0v) is 19.2. The van der Waals surface area contributed by atoms with Crippen molar-refractivity contribution in [3.63, 3.8) is 0 Å². The van der Waals surface area contributed by atoms with E-state index in [1.165, 1.54) is 11.8 Å². The molecule has 0 saturated carbocycles. The fourth-order valence-corrected chi connectivity index (χ4v) is 4.54. The zero-order chi connectivity index (χ0) is 22.7. The summed E-state index contributed by atoms with van der Waals surface area (Å²) < 4.78 is 1.61. The minimum Gasteiger partial charge on any atom is -0.351 e. The first-order valence-electron chi connectivity index (χ1n) is 10.5. The molecule has 0 unspecified atom stereocenters. The van der Waals surface area contributed by atoms with Crippen molar-refractivity contribution in [2.24, 2.45) is 0 Å². The van der Waals surface area contributed by atoms with Gasteiger partial charge in [-0.1, -0.05) is 54.2 Å². The Hall–Kier alpha value is -3.38. The number of para-hydroxylation sites is 1. The minimum absolute atomic E-state index is 0.104. The van der Waals surface area contributed by atoms with Crippen LogP contribution in [0.4, 0.5) is 0 Å². The second-order valence-electron chi connectivity index (χ2n) is 7.89. The number of hydrogen-bond acceptors (Lipinski definition) is 4. The van der Waals surface area contributed by atoms with Gasteiger partial charge in [0.1, 0.15) is 0 Å². The Morgan fingerprint density at radius 3 is 2.41 bits per heavy atom. The topological polar surface area (TPSA) is 64.0 Å². The molecule has 4 rings (SSSR count). The normalized spacial score (nSPS) is 11.0. The van der Waals surface area contributed by atoms with E-state index in [0.29, 0.717) is 22.6 Å². The fraction of sp³-hybridized carbons (Fsp3) is 0.192. The fourth-order valence-electron chi connectivity index (χ4n) is 3.70. The molecule has 0 radical (unpaired) electrons. The van der Waals surface area contributed by atoms with Crippen molar-refractivity contribution < 1.29 is 4.79 Å². The van der Waals surface area contributed by atoms with Crippen LogP contribution >= 0.6 is 11.8 Å². The van der Waals surface area contributed by atoms with Crippen LogP contribution < -0.4 is 10.9 Å².